The fraction of sp³-hybridized carbons (Fsp3) is 0.714. The van der Waals surface area contributed by atoms with Crippen LogP contribution in [0.2, 0.25) is 0 Å². The maximum Gasteiger partial charge on any atom is 0.00175 e. The molecule has 8 heavy (non-hydrogen) atoms. The lowest BCUT2D eigenvalue weighted by molar-refractivity contribution is 0.534. The van der Waals surface area contributed by atoms with Crippen molar-refractivity contribution in [2.45, 2.75) is 6.42 Å². The Kier molecular flexibility index (Phi) is 0.908. The van der Waals surface area contributed by atoms with Crippen LogP contribution in [0.5, 0.6) is 0 Å². The summed E-state index contributed by atoms with van der Waals surface area (Å²) >= 11 is 0. The molecule has 0 unspecified atom stereocenters. The fourth-order valence-corrected chi connectivity index (χ4v) is 1.66. The SMILES string of the molecule is C1=C[C@@H]2CNC[C@@H]2C1. The van der Waals surface area contributed by atoms with Gasteiger partial charge in [-0.1, -0.05) is 12.2 Å². The molecular formula is C7H11N. The van der Waals surface area contributed by atoms with Gasteiger partial charge in [0, 0.05) is 6.54 Å². The highest BCUT2D eigenvalue weighted by Crippen LogP contribution is 2.27. The zero-order chi connectivity index (χ0) is 5.40. The molecule has 0 aromatic carbocycles. The minimum Gasteiger partial charge on any atom is -0.316 e. The Morgan fingerprint density at radius 2 is 2.38 bits per heavy atom. The number of allylic oxidation sites excluding steroid dienone is 1. The lowest BCUT2D eigenvalue weighted by Crippen LogP contribution is -2.08. The quantitative estimate of drug-likeness (QED) is 0.453. The molecule has 1 heterocycles. The number of hydrogen-bond acceptors (Lipinski definition) is 1. The summed E-state index contributed by atoms with van der Waals surface area (Å²) in [5.41, 5.74) is 0. The van der Waals surface area contributed by atoms with E-state index in [9.17, 15) is 0 Å². The van der Waals surface area contributed by atoms with Gasteiger partial charge < -0.3 is 5.32 Å². The van der Waals surface area contributed by atoms with Gasteiger partial charge in [-0.2, -0.15) is 0 Å². The van der Waals surface area contributed by atoms with Crippen LogP contribution in [0.4, 0.5) is 0 Å². The first-order valence-electron chi connectivity index (χ1n) is 3.34. The predicted octanol–water partition coefficient (Wildman–Crippen LogP) is 0.782. The van der Waals surface area contributed by atoms with E-state index in [0.717, 1.165) is 11.8 Å². The number of hydrogen-bond donors (Lipinski definition) is 1. The highest BCUT2D eigenvalue weighted by atomic mass is 14.9. The van der Waals surface area contributed by atoms with Crippen molar-refractivity contribution in [3.63, 3.8) is 0 Å². The Balaban J connectivity index is 2.13. The third-order valence-electron chi connectivity index (χ3n) is 2.21. The van der Waals surface area contributed by atoms with Gasteiger partial charge in [0.15, 0.2) is 0 Å². The second-order valence-electron chi connectivity index (χ2n) is 2.75. The third-order valence-corrected chi connectivity index (χ3v) is 2.21. The molecule has 2 aliphatic rings. The van der Waals surface area contributed by atoms with E-state index in [1.54, 1.807) is 0 Å². The second-order valence-corrected chi connectivity index (χ2v) is 2.75. The van der Waals surface area contributed by atoms with Gasteiger partial charge in [-0.05, 0) is 24.8 Å². The Morgan fingerprint density at radius 1 is 1.38 bits per heavy atom. The van der Waals surface area contributed by atoms with Crippen molar-refractivity contribution in [1.29, 1.82) is 0 Å². The molecule has 1 nitrogen and oxygen atoms in total. The molecule has 0 bridgehead atoms. The van der Waals surface area contributed by atoms with Gasteiger partial charge in [0.2, 0.25) is 0 Å². The zero-order valence-corrected chi connectivity index (χ0v) is 4.93. The van der Waals surface area contributed by atoms with Crippen molar-refractivity contribution >= 4 is 0 Å². The topological polar surface area (TPSA) is 12.0 Å². The largest absolute Gasteiger partial charge is 0.316 e. The minimum atomic E-state index is 0.884. The van der Waals surface area contributed by atoms with Crippen molar-refractivity contribution in [3.8, 4) is 0 Å². The van der Waals surface area contributed by atoms with E-state index in [1.165, 1.54) is 19.5 Å². The van der Waals surface area contributed by atoms with E-state index < -0.39 is 0 Å². The molecule has 0 aromatic heterocycles. The minimum absolute atomic E-state index is 0.884. The molecule has 1 aliphatic heterocycles. The molecule has 0 saturated carbocycles. The first-order chi connectivity index (χ1) is 3.97. The highest BCUT2D eigenvalue weighted by molar-refractivity contribution is 5.05. The summed E-state index contributed by atoms with van der Waals surface area (Å²) in [4.78, 5) is 0. The summed E-state index contributed by atoms with van der Waals surface area (Å²) in [6.07, 6.45) is 5.98. The predicted molar refractivity (Wildman–Crippen MR) is 33.6 cm³/mol. The molecule has 1 fully saturated rings. The third kappa shape index (κ3) is 0.511. The standard InChI is InChI=1S/C7H11N/c1-2-6-4-8-5-7(6)3-1/h1-2,6-8H,3-5H2/t6-,7+/m1/s1. The smallest absolute Gasteiger partial charge is 0.00175 e. The maximum absolute atomic E-state index is 3.37. The average Bonchev–Trinajstić information content (AvgIpc) is 2.15. The first-order valence-corrected chi connectivity index (χ1v) is 3.34. The Hall–Kier alpha value is -0.300. The number of nitrogens with one attached hydrogen (secondary N) is 1. The molecule has 44 valence electrons. The van der Waals surface area contributed by atoms with Crippen molar-refractivity contribution in [2.24, 2.45) is 11.8 Å². The van der Waals surface area contributed by atoms with Crippen molar-refractivity contribution in [2.75, 3.05) is 13.1 Å². The molecule has 0 radical (unpaired) electrons. The van der Waals surface area contributed by atoms with E-state index in [0.29, 0.717) is 0 Å². The summed E-state index contributed by atoms with van der Waals surface area (Å²) in [6.45, 7) is 2.47. The van der Waals surface area contributed by atoms with Crippen molar-refractivity contribution in [3.05, 3.63) is 12.2 Å². The number of fused-ring (bicyclic) bond motifs is 1. The first kappa shape index (κ1) is 4.57. The van der Waals surface area contributed by atoms with Crippen LogP contribution < -0.4 is 5.32 Å². The van der Waals surface area contributed by atoms with Gasteiger partial charge >= 0.3 is 0 Å². The van der Waals surface area contributed by atoms with Crippen LogP contribution in [-0.4, -0.2) is 13.1 Å². The van der Waals surface area contributed by atoms with E-state index >= 15 is 0 Å². The van der Waals surface area contributed by atoms with Gasteiger partial charge in [0.25, 0.3) is 0 Å². The van der Waals surface area contributed by atoms with Crippen LogP contribution in [0.25, 0.3) is 0 Å². The normalized spacial score (nSPS) is 43.0. The van der Waals surface area contributed by atoms with Crippen LogP contribution in [0.15, 0.2) is 12.2 Å². The molecule has 0 spiro atoms. The molecule has 1 saturated heterocycles. The van der Waals surface area contributed by atoms with Gasteiger partial charge in [-0.3, -0.25) is 0 Å². The zero-order valence-electron chi connectivity index (χ0n) is 4.93. The Labute approximate surface area is 49.8 Å². The molecule has 0 amide bonds. The van der Waals surface area contributed by atoms with E-state index in [4.69, 9.17) is 0 Å². The summed E-state index contributed by atoms with van der Waals surface area (Å²) in [7, 11) is 0. The Bertz CT molecular complexity index is 118. The average molecular weight is 109 g/mol. The van der Waals surface area contributed by atoms with Crippen LogP contribution in [0, 0.1) is 11.8 Å². The molecule has 0 aromatic rings. The highest BCUT2D eigenvalue weighted by Gasteiger charge is 2.26. The summed E-state index contributed by atoms with van der Waals surface area (Å²) in [5.74, 6) is 1.84. The van der Waals surface area contributed by atoms with E-state index in [2.05, 4.69) is 17.5 Å². The molecule has 2 atom stereocenters. The van der Waals surface area contributed by atoms with Crippen molar-refractivity contribution < 1.29 is 0 Å². The maximum atomic E-state index is 3.37. The van der Waals surface area contributed by atoms with Crippen LogP contribution in [0.3, 0.4) is 0 Å². The summed E-state index contributed by atoms with van der Waals surface area (Å²) < 4.78 is 0. The molecule has 1 heteroatoms. The van der Waals surface area contributed by atoms with Crippen LogP contribution >= 0.6 is 0 Å². The van der Waals surface area contributed by atoms with Gasteiger partial charge in [-0.15, -0.1) is 0 Å². The summed E-state index contributed by atoms with van der Waals surface area (Å²) in [5, 5.41) is 3.37. The molecule has 1 aliphatic carbocycles. The lowest BCUT2D eigenvalue weighted by atomic mass is 10.0. The lowest BCUT2D eigenvalue weighted by Gasteiger charge is -2.02. The number of rotatable bonds is 0. The van der Waals surface area contributed by atoms with E-state index in [1.807, 2.05) is 0 Å². The van der Waals surface area contributed by atoms with Crippen LogP contribution in [-0.2, 0) is 0 Å². The molecule has 1 N–H and O–H groups in total. The second kappa shape index (κ2) is 1.59. The van der Waals surface area contributed by atoms with E-state index in [-0.39, 0.29) is 0 Å². The monoisotopic (exact) mass is 109 g/mol. The molecule has 2 rings (SSSR count). The molecular weight excluding hydrogens is 98.1 g/mol. The van der Waals surface area contributed by atoms with Gasteiger partial charge in [-0.25, -0.2) is 0 Å². The van der Waals surface area contributed by atoms with Gasteiger partial charge in [0.1, 0.15) is 0 Å². The van der Waals surface area contributed by atoms with Crippen molar-refractivity contribution in [1.82, 2.24) is 5.32 Å². The van der Waals surface area contributed by atoms with Crippen LogP contribution in [0.1, 0.15) is 6.42 Å². The fourth-order valence-electron chi connectivity index (χ4n) is 1.66. The van der Waals surface area contributed by atoms with Gasteiger partial charge in [0.05, 0.1) is 0 Å². The Morgan fingerprint density at radius 3 is 3.25 bits per heavy atom. The summed E-state index contributed by atoms with van der Waals surface area (Å²) in [6, 6.07) is 0.